The number of imidazole rings is 1. The first-order valence-electron chi connectivity index (χ1n) is 12.4. The maximum Gasteiger partial charge on any atom is 0.277 e. The second-order valence-corrected chi connectivity index (χ2v) is 9.12. The van der Waals surface area contributed by atoms with E-state index in [1.165, 1.54) is 4.90 Å². The number of aromatic amines is 1. The van der Waals surface area contributed by atoms with Gasteiger partial charge in [-0.25, -0.2) is 19.1 Å². The molecule has 1 saturated heterocycles. The number of hydrogen-bond acceptors (Lipinski definition) is 6. The molecular formula is C25H33ClIN9O2. The van der Waals surface area contributed by atoms with Crippen LogP contribution in [0.1, 0.15) is 42.9 Å². The van der Waals surface area contributed by atoms with E-state index in [0.29, 0.717) is 48.7 Å². The molecule has 1 aliphatic heterocycles. The van der Waals surface area contributed by atoms with Gasteiger partial charge in [-0.3, -0.25) is 14.5 Å². The molecule has 0 spiro atoms. The summed E-state index contributed by atoms with van der Waals surface area (Å²) in [6.45, 7) is 7.08. The Kier molecular flexibility index (Phi) is 9.54. The van der Waals surface area contributed by atoms with Gasteiger partial charge in [0.1, 0.15) is 12.1 Å². The van der Waals surface area contributed by atoms with Crippen LogP contribution in [0.4, 0.5) is 11.6 Å². The van der Waals surface area contributed by atoms with Crippen molar-refractivity contribution in [3.8, 4) is 0 Å². The molecule has 0 bridgehead atoms. The van der Waals surface area contributed by atoms with Crippen LogP contribution in [0.2, 0.25) is 0 Å². The predicted molar refractivity (Wildman–Crippen MR) is 144 cm³/mol. The third-order valence-electron chi connectivity index (χ3n) is 6.99. The monoisotopic (exact) mass is 653 g/mol. The molecular weight excluding hydrogens is 621 g/mol. The average Bonchev–Trinajstić information content (AvgIpc) is 3.47. The summed E-state index contributed by atoms with van der Waals surface area (Å²) in [4.78, 5) is 40.7. The Balaban J connectivity index is 0.00000200. The van der Waals surface area contributed by atoms with Gasteiger partial charge < -0.3 is 45.3 Å². The lowest BCUT2D eigenvalue weighted by atomic mass is 10.0. The Hall–Kier alpha value is -2.97. The fourth-order valence-electron chi connectivity index (χ4n) is 5.09. The molecule has 1 fully saturated rings. The third-order valence-corrected chi connectivity index (χ3v) is 6.99. The number of nitrogens with one attached hydrogen (secondary N) is 1. The first-order valence-corrected chi connectivity index (χ1v) is 12.4. The first kappa shape index (κ1) is 29.6. The minimum atomic E-state index is 0. The van der Waals surface area contributed by atoms with Crippen LogP contribution in [0.5, 0.6) is 0 Å². The fraction of sp³-hybridized carbons (Fsp3) is 0.400. The maximum atomic E-state index is 13.2. The highest BCUT2D eigenvalue weighted by Gasteiger charge is 2.29. The van der Waals surface area contributed by atoms with Crippen molar-refractivity contribution in [3.05, 3.63) is 41.9 Å². The number of hydrogen-bond donors (Lipinski definition) is 3. The number of rotatable bonds is 7. The van der Waals surface area contributed by atoms with E-state index in [1.807, 2.05) is 23.1 Å². The third kappa shape index (κ3) is 5.29. The largest absolute Gasteiger partial charge is 1.00 e. The number of H-pyrrole nitrogens is 1. The number of carbonyl (C=O) groups is 2. The summed E-state index contributed by atoms with van der Waals surface area (Å²) in [6.07, 6.45) is 4.10. The number of anilines is 2. The quantitative estimate of drug-likeness (QED) is 0.132. The molecule has 0 unspecified atom stereocenters. The maximum absolute atomic E-state index is 13.2. The molecule has 3 aromatic heterocycles. The van der Waals surface area contributed by atoms with E-state index in [4.69, 9.17) is 11.5 Å². The van der Waals surface area contributed by atoms with Crippen LogP contribution in [0.3, 0.4) is 0 Å². The summed E-state index contributed by atoms with van der Waals surface area (Å²) in [7, 11) is 0. The van der Waals surface area contributed by atoms with Crippen LogP contribution >= 0.6 is 12.4 Å². The number of piperidine rings is 1. The highest BCUT2D eigenvalue weighted by molar-refractivity contribution is 5.97. The van der Waals surface area contributed by atoms with Crippen LogP contribution in [0.15, 0.2) is 30.5 Å². The van der Waals surface area contributed by atoms with Gasteiger partial charge in [-0.1, -0.05) is 0 Å². The highest BCUT2D eigenvalue weighted by atomic mass is 127. The lowest BCUT2D eigenvalue weighted by Gasteiger charge is -2.30. The summed E-state index contributed by atoms with van der Waals surface area (Å²) in [5.41, 5.74) is 16.0. The molecule has 5 N–H and O–H groups in total. The van der Waals surface area contributed by atoms with Gasteiger partial charge in [0, 0.05) is 37.0 Å². The van der Waals surface area contributed by atoms with Crippen LogP contribution in [-0.4, -0.2) is 55.9 Å². The number of carbonyl (C=O) groups excluding carboxylic acids is 2. The van der Waals surface area contributed by atoms with Crippen molar-refractivity contribution in [2.75, 3.05) is 23.7 Å². The summed E-state index contributed by atoms with van der Waals surface area (Å²) in [5.74, 6) is 1.42. The summed E-state index contributed by atoms with van der Waals surface area (Å²) in [6, 6.07) is 7.78. The smallest absolute Gasteiger partial charge is 0.277 e. The number of aryl methyl sites for hydroxylation is 2. The van der Waals surface area contributed by atoms with Gasteiger partial charge in [0.05, 0.1) is 13.1 Å². The number of nitrogen functional groups attached to an aromatic ring is 1. The van der Waals surface area contributed by atoms with Crippen molar-refractivity contribution < 1.29 is 38.1 Å². The van der Waals surface area contributed by atoms with Crippen LogP contribution in [0.25, 0.3) is 22.2 Å². The molecule has 4 aromatic rings. The van der Waals surface area contributed by atoms with E-state index < -0.39 is 0 Å². The van der Waals surface area contributed by atoms with Gasteiger partial charge in [0.25, 0.3) is 11.7 Å². The Bertz CT molecular complexity index is 1450. The van der Waals surface area contributed by atoms with E-state index in [0.717, 1.165) is 36.1 Å². The molecule has 5 rings (SSSR count). The molecule has 13 heteroatoms. The van der Waals surface area contributed by atoms with Gasteiger partial charge in [0.2, 0.25) is 6.41 Å². The van der Waals surface area contributed by atoms with Crippen molar-refractivity contribution in [3.63, 3.8) is 0 Å². The van der Waals surface area contributed by atoms with Crippen molar-refractivity contribution in [2.24, 2.45) is 5.73 Å². The van der Waals surface area contributed by atoms with Crippen LogP contribution < -0.4 is 44.9 Å². The normalized spacial score (nSPS) is 13.8. The van der Waals surface area contributed by atoms with Gasteiger partial charge in [-0.05, 0) is 44.9 Å². The van der Waals surface area contributed by atoms with Gasteiger partial charge in [0.15, 0.2) is 28.3 Å². The van der Waals surface area contributed by atoms with Crippen molar-refractivity contribution in [1.82, 2.24) is 24.4 Å². The number of aromatic nitrogens is 5. The highest BCUT2D eigenvalue weighted by Crippen LogP contribution is 2.25. The predicted octanol–water partition coefficient (Wildman–Crippen LogP) is -1.03. The summed E-state index contributed by atoms with van der Waals surface area (Å²) >= 11 is 0. The molecule has 0 aliphatic carbocycles. The van der Waals surface area contributed by atoms with E-state index >= 15 is 0 Å². The van der Waals surface area contributed by atoms with E-state index in [1.54, 1.807) is 12.3 Å². The Morgan fingerprint density at radius 3 is 2.63 bits per heavy atom. The zero-order valence-corrected chi connectivity index (χ0v) is 24.4. The number of amides is 2. The van der Waals surface area contributed by atoms with Crippen molar-refractivity contribution in [1.29, 1.82) is 0 Å². The number of halogens is 2. The fourth-order valence-corrected chi connectivity index (χ4v) is 5.09. The molecule has 2 amide bonds. The molecule has 1 aromatic carbocycles. The summed E-state index contributed by atoms with van der Waals surface area (Å²) in [5, 5.41) is 0. The van der Waals surface area contributed by atoms with Crippen LogP contribution in [-0.2, 0) is 24.4 Å². The second kappa shape index (κ2) is 12.3. The van der Waals surface area contributed by atoms with Crippen molar-refractivity contribution >= 4 is 58.6 Å². The van der Waals surface area contributed by atoms with Gasteiger partial charge >= 0.3 is 0 Å². The molecule has 4 heterocycles. The van der Waals surface area contributed by atoms with Crippen molar-refractivity contribution in [2.45, 2.75) is 52.4 Å². The first-order chi connectivity index (χ1) is 17.4. The van der Waals surface area contributed by atoms with E-state index in [2.05, 4.69) is 37.9 Å². The van der Waals surface area contributed by atoms with Gasteiger partial charge in [-0.15, -0.1) is 12.4 Å². The molecule has 0 saturated carbocycles. The van der Waals surface area contributed by atoms with Crippen LogP contribution in [0, 0.1) is 0 Å². The minimum Gasteiger partial charge on any atom is -1.00 e. The standard InChI is InChI=1S/C25H32N9O2.ClH.HI/c1-3-33-19-6-5-16(25(36)31-11-8-17(26)9-12-31)13-20(19)34(4-2)21(33)14-32(15-35)24-22(27)30-23-18(29-24)7-10-28-23;;/h5-7,10,13,15,17H,3-4,8-9,11-12,14,26H2,1-2H3,(H3,27,28,30);2*1H/q+1;;/p-1. The summed E-state index contributed by atoms with van der Waals surface area (Å²) < 4.78 is 4.29. The molecule has 38 heavy (non-hydrogen) atoms. The molecule has 0 radical (unpaired) electrons. The van der Waals surface area contributed by atoms with E-state index in [9.17, 15) is 9.59 Å². The number of fused-ring (bicyclic) bond motifs is 2. The van der Waals surface area contributed by atoms with Gasteiger partial charge in [-0.2, -0.15) is 0 Å². The lowest BCUT2D eigenvalue weighted by Crippen LogP contribution is -3.00. The minimum absolute atomic E-state index is 0. The SMILES string of the molecule is CCn1c(CN(C=O)c2nc3cc[nH]c3nc2N)[n+](CC)c2ccc(C(=O)N3CCC(N)CC3)cc21.Cl.[I-]. The molecule has 1 aliphatic rings. The Morgan fingerprint density at radius 1 is 1.24 bits per heavy atom. The molecule has 204 valence electrons. The Morgan fingerprint density at radius 2 is 1.97 bits per heavy atom. The second-order valence-electron chi connectivity index (χ2n) is 9.12. The Labute approximate surface area is 244 Å². The average molecular weight is 654 g/mol. The number of nitrogens with two attached hydrogens (primary N) is 2. The number of likely N-dealkylation sites (tertiary alicyclic amines) is 1. The number of benzene rings is 1. The molecule has 11 nitrogen and oxygen atoms in total. The zero-order valence-electron chi connectivity index (χ0n) is 21.4. The van der Waals surface area contributed by atoms with E-state index in [-0.39, 0.29) is 60.7 Å². The zero-order chi connectivity index (χ0) is 25.4. The molecule has 0 atom stereocenters. The topological polar surface area (TPSA) is 143 Å². The lowest BCUT2D eigenvalue weighted by molar-refractivity contribution is -0.676. The number of nitrogens with zero attached hydrogens (tertiary/aromatic N) is 6.